The molecule has 2 amide bonds. The summed E-state index contributed by atoms with van der Waals surface area (Å²) in [4.78, 5) is 58.8. The van der Waals surface area contributed by atoms with Gasteiger partial charge in [0.2, 0.25) is 12.1 Å². The normalized spacial score (nSPS) is 12.4. The predicted molar refractivity (Wildman–Crippen MR) is 236 cm³/mol. The summed E-state index contributed by atoms with van der Waals surface area (Å²) in [7, 11) is 3.23. The Morgan fingerprint density at radius 1 is 0.875 bits per heavy atom. The number of para-hydroxylation sites is 1. The van der Waals surface area contributed by atoms with E-state index in [1.54, 1.807) is 109 Å². The van der Waals surface area contributed by atoms with E-state index in [-0.39, 0.29) is 45.8 Å². The lowest BCUT2D eigenvalue weighted by atomic mass is 9.98. The average Bonchev–Trinajstić information content (AvgIpc) is 3.88. The van der Waals surface area contributed by atoms with Gasteiger partial charge in [0.15, 0.2) is 5.82 Å². The SMILES string of the molecule is CNC(=O)c1ccc2c(c1)nc(-c1cccc3cccnc13)n2[C@H](Cc1ccccc1)[C@H](OC(=O)C(F)(F)F)C(=O)Nc1ccc(C)c(Nc2ncc(Cl)c(Nc3cnn(C)c3)n2)c1. The third-order valence-electron chi connectivity index (χ3n) is 10.2. The predicted octanol–water partition coefficient (Wildman–Crippen LogP) is 8.48. The van der Waals surface area contributed by atoms with Gasteiger partial charge in [0, 0.05) is 54.4 Å². The highest BCUT2D eigenvalue weighted by Gasteiger charge is 2.46. The first-order valence-corrected chi connectivity index (χ1v) is 20.0. The number of esters is 1. The van der Waals surface area contributed by atoms with Crippen molar-refractivity contribution >= 4 is 80.1 Å². The van der Waals surface area contributed by atoms with Gasteiger partial charge in [-0.25, -0.2) is 14.8 Å². The maximum absolute atomic E-state index is 14.8. The van der Waals surface area contributed by atoms with Gasteiger partial charge in [-0.2, -0.15) is 23.3 Å². The largest absolute Gasteiger partial charge is 0.490 e. The summed E-state index contributed by atoms with van der Waals surface area (Å²) in [5.41, 5.74) is 4.31. The zero-order valence-corrected chi connectivity index (χ0v) is 34.9. The van der Waals surface area contributed by atoms with Gasteiger partial charge in [-0.05, 0) is 66.9 Å². The number of aryl methyl sites for hydroxylation is 2. The summed E-state index contributed by atoms with van der Waals surface area (Å²) in [6.45, 7) is 1.78. The van der Waals surface area contributed by atoms with Crippen molar-refractivity contribution in [3.05, 3.63) is 144 Å². The molecule has 8 aromatic rings. The lowest BCUT2D eigenvalue weighted by Crippen LogP contribution is -2.43. The van der Waals surface area contributed by atoms with E-state index in [4.69, 9.17) is 21.3 Å². The summed E-state index contributed by atoms with van der Waals surface area (Å²) >= 11 is 6.38. The molecule has 64 heavy (non-hydrogen) atoms. The minimum absolute atomic E-state index is 0.123. The summed E-state index contributed by atoms with van der Waals surface area (Å²) in [5.74, 6) is -3.46. The van der Waals surface area contributed by atoms with Crippen LogP contribution in [-0.4, -0.2) is 71.4 Å². The van der Waals surface area contributed by atoms with Crippen molar-refractivity contribution in [2.45, 2.75) is 31.7 Å². The van der Waals surface area contributed by atoms with E-state index in [2.05, 4.69) is 41.3 Å². The number of hydrogen-bond acceptors (Lipinski definition) is 11. The number of fused-ring (bicyclic) bond motifs is 2. The van der Waals surface area contributed by atoms with Crippen LogP contribution >= 0.6 is 11.6 Å². The Morgan fingerprint density at radius 2 is 1.67 bits per heavy atom. The van der Waals surface area contributed by atoms with E-state index >= 15 is 0 Å². The molecule has 0 radical (unpaired) electrons. The smallest absolute Gasteiger partial charge is 0.443 e. The molecule has 15 nitrogen and oxygen atoms in total. The molecule has 0 aliphatic carbocycles. The molecule has 0 bridgehead atoms. The highest BCUT2D eigenvalue weighted by atomic mass is 35.5. The van der Waals surface area contributed by atoms with Crippen molar-refractivity contribution in [3.8, 4) is 11.4 Å². The van der Waals surface area contributed by atoms with Gasteiger partial charge in [0.25, 0.3) is 11.8 Å². The minimum atomic E-state index is -5.47. The molecule has 0 aliphatic rings. The number of carbonyl (C=O) groups excluding carboxylic acids is 3. The fourth-order valence-electron chi connectivity index (χ4n) is 7.18. The molecule has 0 saturated heterocycles. The molecular weight excluding hydrogens is 851 g/mol. The van der Waals surface area contributed by atoms with Crippen molar-refractivity contribution in [2.24, 2.45) is 7.05 Å². The molecule has 2 atom stereocenters. The molecule has 8 rings (SSSR count). The molecule has 19 heteroatoms. The molecule has 324 valence electrons. The number of hydrogen-bond donors (Lipinski definition) is 4. The molecule has 4 heterocycles. The lowest BCUT2D eigenvalue weighted by Gasteiger charge is -2.30. The van der Waals surface area contributed by atoms with Crippen LogP contribution in [0.25, 0.3) is 33.3 Å². The van der Waals surface area contributed by atoms with Crippen LogP contribution < -0.4 is 21.3 Å². The number of amides is 2. The molecule has 0 unspecified atom stereocenters. The first-order valence-electron chi connectivity index (χ1n) is 19.6. The second-order valence-electron chi connectivity index (χ2n) is 14.6. The van der Waals surface area contributed by atoms with Gasteiger partial charge >= 0.3 is 12.1 Å². The highest BCUT2D eigenvalue weighted by Crippen LogP contribution is 2.37. The third-order valence-corrected chi connectivity index (χ3v) is 10.5. The average molecular weight is 888 g/mol. The van der Waals surface area contributed by atoms with Gasteiger partial charge in [-0.1, -0.05) is 66.2 Å². The zero-order chi connectivity index (χ0) is 45.1. The number of rotatable bonds is 13. The monoisotopic (exact) mass is 887 g/mol. The first kappa shape index (κ1) is 42.8. The van der Waals surface area contributed by atoms with Crippen molar-refractivity contribution < 1.29 is 32.3 Å². The number of nitrogens with one attached hydrogen (secondary N) is 4. The molecule has 0 fully saturated rings. The molecule has 0 saturated carbocycles. The van der Waals surface area contributed by atoms with Crippen LogP contribution in [0.4, 0.5) is 42.0 Å². The highest BCUT2D eigenvalue weighted by molar-refractivity contribution is 6.32. The number of anilines is 5. The fraction of sp³-hybridized carbons (Fsp3) is 0.156. The maximum Gasteiger partial charge on any atom is 0.490 e. The van der Waals surface area contributed by atoms with E-state index in [9.17, 15) is 27.6 Å². The maximum atomic E-state index is 14.8. The van der Waals surface area contributed by atoms with E-state index < -0.39 is 36.1 Å². The number of pyridine rings is 1. The van der Waals surface area contributed by atoms with Crippen molar-refractivity contribution in [1.29, 1.82) is 0 Å². The molecule has 4 aromatic heterocycles. The Balaban J connectivity index is 1.24. The van der Waals surface area contributed by atoms with Crippen molar-refractivity contribution in [1.82, 2.24) is 39.6 Å². The summed E-state index contributed by atoms with van der Waals surface area (Å²) in [5, 5.41) is 16.6. The third kappa shape index (κ3) is 9.17. The Hall–Kier alpha value is -7.86. The second-order valence-corrected chi connectivity index (χ2v) is 15.0. The Labute approximate surface area is 367 Å². The van der Waals surface area contributed by atoms with Crippen LogP contribution in [0.3, 0.4) is 0 Å². The standard InChI is InChI=1S/C45H37ClF3N11O4/c1-25-14-16-29(21-33(25)57-44-52-23-32(46)39(58-44)54-30-22-53-59(3)24-30)55-42(62)38(64-43(63)45(47,48)49)36(19-26-9-5-4-6-10-26)60-35-17-15-28(41(61)50-2)20-34(35)56-40(60)31-13-7-11-27-12-8-18-51-37(27)31/h4-18,20-24,36,38H,19H2,1-3H3,(H,50,61)(H,55,62)(H2,52,54,57,58)/t36-,38+/m1/s1. The van der Waals surface area contributed by atoms with Crippen molar-refractivity contribution in [2.75, 3.05) is 23.0 Å². The van der Waals surface area contributed by atoms with Gasteiger partial charge in [-0.3, -0.25) is 19.3 Å². The number of alkyl halides is 3. The van der Waals surface area contributed by atoms with Gasteiger partial charge in [0.05, 0.1) is 40.7 Å². The number of halogens is 4. The van der Waals surface area contributed by atoms with Crippen LogP contribution in [0, 0.1) is 6.92 Å². The minimum Gasteiger partial charge on any atom is -0.443 e. The molecule has 4 N–H and O–H groups in total. The number of ether oxygens (including phenoxy) is 1. The zero-order valence-electron chi connectivity index (χ0n) is 34.2. The number of nitrogens with zero attached hydrogens (tertiary/aromatic N) is 7. The van der Waals surface area contributed by atoms with Crippen LogP contribution in [0.1, 0.15) is 27.5 Å². The quantitative estimate of drug-likeness (QED) is 0.0815. The lowest BCUT2D eigenvalue weighted by molar-refractivity contribution is -0.206. The second kappa shape index (κ2) is 17.9. The fourth-order valence-corrected chi connectivity index (χ4v) is 7.32. The number of imidazole rings is 1. The Bertz CT molecular complexity index is 3040. The molecule has 0 aliphatic heterocycles. The van der Waals surface area contributed by atoms with Gasteiger partial charge in [0.1, 0.15) is 10.8 Å². The van der Waals surface area contributed by atoms with Crippen LogP contribution in [0.5, 0.6) is 0 Å². The van der Waals surface area contributed by atoms with Gasteiger partial charge < -0.3 is 30.6 Å². The Kier molecular flexibility index (Phi) is 11.9. The first-order chi connectivity index (χ1) is 30.7. The Morgan fingerprint density at radius 3 is 2.42 bits per heavy atom. The molecule has 0 spiro atoms. The van der Waals surface area contributed by atoms with E-state index in [1.807, 2.05) is 12.1 Å². The van der Waals surface area contributed by atoms with E-state index in [1.165, 1.54) is 31.4 Å². The number of carbonyl (C=O) groups is 3. The molecule has 4 aromatic carbocycles. The summed E-state index contributed by atoms with van der Waals surface area (Å²) in [6, 6.07) is 25.7. The summed E-state index contributed by atoms with van der Waals surface area (Å²) in [6.07, 6.45) is -1.43. The molecular formula is C45H37ClF3N11O4. The van der Waals surface area contributed by atoms with Crippen LogP contribution in [0.2, 0.25) is 5.02 Å². The van der Waals surface area contributed by atoms with Crippen molar-refractivity contribution in [3.63, 3.8) is 0 Å². The van der Waals surface area contributed by atoms with E-state index in [0.29, 0.717) is 39.1 Å². The van der Waals surface area contributed by atoms with E-state index in [0.717, 1.165) is 5.39 Å². The van der Waals surface area contributed by atoms with Gasteiger partial charge in [-0.15, -0.1) is 0 Å². The number of aromatic nitrogens is 7. The van der Waals surface area contributed by atoms with Crippen LogP contribution in [0.15, 0.2) is 122 Å². The summed E-state index contributed by atoms with van der Waals surface area (Å²) < 4.78 is 51.1. The number of benzene rings is 4. The van der Waals surface area contributed by atoms with Crippen LogP contribution in [-0.2, 0) is 27.8 Å². The topological polar surface area (TPSA) is 183 Å².